The van der Waals surface area contributed by atoms with E-state index in [0.717, 1.165) is 17.1 Å². The van der Waals surface area contributed by atoms with Crippen LogP contribution in [0.1, 0.15) is 29.1 Å². The Morgan fingerprint density at radius 3 is 2.84 bits per heavy atom. The lowest BCUT2D eigenvalue weighted by Crippen LogP contribution is -2.23. The maximum atomic E-state index is 14.4. The molecule has 0 aliphatic heterocycles. The van der Waals surface area contributed by atoms with Crippen LogP contribution in [0.5, 0.6) is 5.75 Å². The Hall–Kier alpha value is -1.46. The Morgan fingerprint density at radius 2 is 2.26 bits per heavy atom. The summed E-state index contributed by atoms with van der Waals surface area (Å²) in [5.74, 6) is -0.0497. The van der Waals surface area contributed by atoms with E-state index >= 15 is 0 Å². The minimum atomic E-state index is -0.316. The number of rotatable bonds is 5. The van der Waals surface area contributed by atoms with Crippen LogP contribution in [-0.4, -0.2) is 18.6 Å². The molecular formula is C14H17FN2OS. The predicted molar refractivity (Wildman–Crippen MR) is 75.3 cm³/mol. The summed E-state index contributed by atoms with van der Waals surface area (Å²) < 4.78 is 19.4. The van der Waals surface area contributed by atoms with E-state index in [1.165, 1.54) is 18.4 Å². The number of aromatic nitrogens is 1. The maximum Gasteiger partial charge on any atom is 0.170 e. The van der Waals surface area contributed by atoms with E-state index < -0.39 is 0 Å². The first-order valence-electron chi connectivity index (χ1n) is 6.14. The fraction of sp³-hybridized carbons (Fsp3) is 0.357. The Bertz CT molecular complexity index is 556. The molecule has 0 amide bonds. The van der Waals surface area contributed by atoms with Gasteiger partial charge in [0.25, 0.3) is 0 Å². The zero-order valence-electron chi connectivity index (χ0n) is 11.2. The van der Waals surface area contributed by atoms with Gasteiger partial charge in [-0.05, 0) is 19.5 Å². The zero-order valence-corrected chi connectivity index (χ0v) is 12.1. The molecule has 3 nitrogen and oxygen atoms in total. The molecule has 1 atom stereocenters. The molecule has 0 saturated heterocycles. The minimum Gasteiger partial charge on any atom is -0.494 e. The van der Waals surface area contributed by atoms with Crippen molar-refractivity contribution in [2.24, 2.45) is 0 Å². The third-order valence-electron chi connectivity index (χ3n) is 2.98. The van der Waals surface area contributed by atoms with Gasteiger partial charge in [0.15, 0.2) is 11.6 Å². The molecule has 1 N–H and O–H groups in total. The summed E-state index contributed by atoms with van der Waals surface area (Å²) in [5.41, 5.74) is 3.30. The van der Waals surface area contributed by atoms with Gasteiger partial charge in [0, 0.05) is 10.4 Å². The standard InChI is InChI=1S/C14H17FN2OS/c1-4-16-13(14-9(2)17-8-19-14)10-6-5-7-11(18-3)12(10)15/h5-8,13,16H,4H2,1-3H3. The number of aryl methyl sites for hydroxylation is 1. The van der Waals surface area contributed by atoms with E-state index in [9.17, 15) is 4.39 Å². The van der Waals surface area contributed by atoms with Gasteiger partial charge in [-0.15, -0.1) is 11.3 Å². The van der Waals surface area contributed by atoms with E-state index in [2.05, 4.69) is 10.3 Å². The normalized spacial score (nSPS) is 12.4. The number of hydrogen-bond donors (Lipinski definition) is 1. The number of benzene rings is 1. The summed E-state index contributed by atoms with van der Waals surface area (Å²) in [6.45, 7) is 4.69. The van der Waals surface area contributed by atoms with E-state index in [4.69, 9.17) is 4.74 Å². The number of halogens is 1. The highest BCUT2D eigenvalue weighted by molar-refractivity contribution is 7.09. The first-order valence-corrected chi connectivity index (χ1v) is 7.02. The van der Waals surface area contributed by atoms with Gasteiger partial charge in [-0.2, -0.15) is 0 Å². The number of thiazole rings is 1. The fourth-order valence-corrected chi connectivity index (χ4v) is 2.94. The predicted octanol–water partition coefficient (Wildman–Crippen LogP) is 3.30. The highest BCUT2D eigenvalue weighted by atomic mass is 32.1. The first kappa shape index (κ1) is 14.0. The van der Waals surface area contributed by atoms with Crippen molar-refractivity contribution in [3.63, 3.8) is 0 Å². The molecule has 102 valence electrons. The van der Waals surface area contributed by atoms with Gasteiger partial charge in [0.1, 0.15) is 0 Å². The number of nitrogens with one attached hydrogen (secondary N) is 1. The SMILES string of the molecule is CCNC(c1cccc(OC)c1F)c1scnc1C. The summed E-state index contributed by atoms with van der Waals surface area (Å²) in [7, 11) is 1.47. The topological polar surface area (TPSA) is 34.1 Å². The van der Waals surface area contributed by atoms with Crippen molar-refractivity contribution < 1.29 is 9.13 Å². The van der Waals surface area contributed by atoms with Gasteiger partial charge in [0.2, 0.25) is 0 Å². The van der Waals surface area contributed by atoms with Crippen LogP contribution in [0.25, 0.3) is 0 Å². The van der Waals surface area contributed by atoms with Crippen LogP contribution in [0, 0.1) is 12.7 Å². The summed E-state index contributed by atoms with van der Waals surface area (Å²) >= 11 is 1.53. The molecule has 1 unspecified atom stereocenters. The van der Waals surface area contributed by atoms with E-state index in [1.807, 2.05) is 13.8 Å². The number of hydrogen-bond acceptors (Lipinski definition) is 4. The minimum absolute atomic E-state index is 0.187. The van der Waals surface area contributed by atoms with Crippen LogP contribution in [0.4, 0.5) is 4.39 Å². The Morgan fingerprint density at radius 1 is 1.47 bits per heavy atom. The fourth-order valence-electron chi connectivity index (χ4n) is 2.04. The molecule has 5 heteroatoms. The average molecular weight is 280 g/mol. The van der Waals surface area contributed by atoms with Crippen LogP contribution in [0.15, 0.2) is 23.7 Å². The quantitative estimate of drug-likeness (QED) is 0.912. The van der Waals surface area contributed by atoms with Gasteiger partial charge >= 0.3 is 0 Å². The first-order chi connectivity index (χ1) is 9.19. The highest BCUT2D eigenvalue weighted by Gasteiger charge is 2.22. The van der Waals surface area contributed by atoms with Crippen molar-refractivity contribution in [2.75, 3.05) is 13.7 Å². The zero-order chi connectivity index (χ0) is 13.8. The summed E-state index contributed by atoms with van der Waals surface area (Å²) in [4.78, 5) is 5.28. The van der Waals surface area contributed by atoms with Crippen molar-refractivity contribution in [3.8, 4) is 5.75 Å². The lowest BCUT2D eigenvalue weighted by Gasteiger charge is -2.19. The second kappa shape index (κ2) is 6.12. The molecule has 0 fully saturated rings. The molecule has 0 spiro atoms. The molecule has 0 aliphatic rings. The third-order valence-corrected chi connectivity index (χ3v) is 3.97. The second-order valence-corrected chi connectivity index (χ2v) is 5.04. The van der Waals surface area contributed by atoms with E-state index in [0.29, 0.717) is 5.56 Å². The molecule has 0 bridgehead atoms. The van der Waals surface area contributed by atoms with Crippen molar-refractivity contribution in [3.05, 3.63) is 45.7 Å². The molecule has 0 radical (unpaired) electrons. The van der Waals surface area contributed by atoms with Gasteiger partial charge in [-0.25, -0.2) is 9.37 Å². The molecular weight excluding hydrogens is 263 g/mol. The Labute approximate surface area is 116 Å². The second-order valence-electron chi connectivity index (χ2n) is 4.16. The summed E-state index contributed by atoms with van der Waals surface area (Å²) in [5, 5.41) is 3.31. The van der Waals surface area contributed by atoms with Gasteiger partial charge in [0.05, 0.1) is 24.4 Å². The number of methoxy groups -OCH3 is 1. The molecule has 0 saturated carbocycles. The van der Waals surface area contributed by atoms with Gasteiger partial charge in [-0.1, -0.05) is 19.1 Å². The Kier molecular flexibility index (Phi) is 4.50. The van der Waals surface area contributed by atoms with E-state index in [-0.39, 0.29) is 17.6 Å². The van der Waals surface area contributed by atoms with Crippen LogP contribution in [0.3, 0.4) is 0 Å². The molecule has 19 heavy (non-hydrogen) atoms. The van der Waals surface area contributed by atoms with Crippen molar-refractivity contribution in [2.45, 2.75) is 19.9 Å². The third kappa shape index (κ3) is 2.77. The summed E-state index contributed by atoms with van der Waals surface area (Å²) in [6.07, 6.45) is 0. The Balaban J connectivity index is 2.48. The van der Waals surface area contributed by atoms with Crippen LogP contribution >= 0.6 is 11.3 Å². The van der Waals surface area contributed by atoms with Gasteiger partial charge in [-0.3, -0.25) is 0 Å². The lowest BCUT2D eigenvalue weighted by atomic mass is 10.0. The molecule has 0 aliphatic carbocycles. The van der Waals surface area contributed by atoms with Crippen LogP contribution < -0.4 is 10.1 Å². The smallest absolute Gasteiger partial charge is 0.170 e. The van der Waals surface area contributed by atoms with Gasteiger partial charge < -0.3 is 10.1 Å². The largest absolute Gasteiger partial charge is 0.494 e. The van der Waals surface area contributed by atoms with Crippen molar-refractivity contribution in [1.82, 2.24) is 10.3 Å². The number of ether oxygens (including phenoxy) is 1. The molecule has 1 aromatic heterocycles. The molecule has 1 heterocycles. The molecule has 2 aromatic rings. The summed E-state index contributed by atoms with van der Waals surface area (Å²) in [6, 6.07) is 5.02. The number of nitrogens with zero attached hydrogens (tertiary/aromatic N) is 1. The van der Waals surface area contributed by atoms with Crippen molar-refractivity contribution in [1.29, 1.82) is 0 Å². The molecule has 1 aromatic carbocycles. The van der Waals surface area contributed by atoms with Crippen molar-refractivity contribution >= 4 is 11.3 Å². The van der Waals surface area contributed by atoms with Crippen LogP contribution in [0.2, 0.25) is 0 Å². The highest BCUT2D eigenvalue weighted by Crippen LogP contribution is 2.32. The maximum absolute atomic E-state index is 14.4. The lowest BCUT2D eigenvalue weighted by molar-refractivity contribution is 0.382. The molecule has 2 rings (SSSR count). The monoisotopic (exact) mass is 280 g/mol. The van der Waals surface area contributed by atoms with E-state index in [1.54, 1.807) is 23.7 Å². The van der Waals surface area contributed by atoms with Crippen LogP contribution in [-0.2, 0) is 0 Å². The average Bonchev–Trinajstić information content (AvgIpc) is 2.83.